The van der Waals surface area contributed by atoms with Crippen molar-refractivity contribution in [1.82, 2.24) is 10.2 Å². The fraction of sp³-hybridized carbons (Fsp3) is 0.533. The maximum Gasteiger partial charge on any atom is 0.314 e. The van der Waals surface area contributed by atoms with Crippen LogP contribution in [-0.2, 0) is 0 Å². The number of urea groups is 1. The number of ether oxygens (including phenoxy) is 1. The van der Waals surface area contributed by atoms with Gasteiger partial charge in [0.15, 0.2) is 0 Å². The van der Waals surface area contributed by atoms with E-state index >= 15 is 0 Å². The zero-order chi connectivity index (χ0) is 14.5. The van der Waals surface area contributed by atoms with E-state index in [4.69, 9.17) is 10.5 Å². The van der Waals surface area contributed by atoms with Gasteiger partial charge in [-0.2, -0.15) is 0 Å². The van der Waals surface area contributed by atoms with Gasteiger partial charge in [-0.3, -0.25) is 0 Å². The van der Waals surface area contributed by atoms with E-state index in [0.717, 1.165) is 31.7 Å². The quantitative estimate of drug-likeness (QED) is 0.883. The minimum Gasteiger partial charge on any atom is -0.497 e. The van der Waals surface area contributed by atoms with Crippen LogP contribution >= 0.6 is 0 Å². The Bertz CT molecular complexity index is 439. The van der Waals surface area contributed by atoms with Crippen LogP contribution in [0.4, 0.5) is 4.79 Å². The molecule has 110 valence electrons. The van der Waals surface area contributed by atoms with Gasteiger partial charge >= 0.3 is 6.03 Å². The van der Waals surface area contributed by atoms with Gasteiger partial charge in [0.2, 0.25) is 0 Å². The van der Waals surface area contributed by atoms with E-state index in [0.29, 0.717) is 6.04 Å². The lowest BCUT2D eigenvalue weighted by molar-refractivity contribution is 0.183. The van der Waals surface area contributed by atoms with Gasteiger partial charge in [-0.25, -0.2) is 4.79 Å². The first-order valence-electron chi connectivity index (χ1n) is 7.04. The summed E-state index contributed by atoms with van der Waals surface area (Å²) in [5.41, 5.74) is 6.53. The fourth-order valence-electron chi connectivity index (χ4n) is 2.61. The van der Waals surface area contributed by atoms with Gasteiger partial charge < -0.3 is 20.7 Å². The highest BCUT2D eigenvalue weighted by Crippen LogP contribution is 2.20. The van der Waals surface area contributed by atoms with E-state index in [9.17, 15) is 4.79 Å². The van der Waals surface area contributed by atoms with Crippen molar-refractivity contribution in [2.75, 3.05) is 20.2 Å². The molecule has 2 rings (SSSR count). The lowest BCUT2D eigenvalue weighted by Crippen LogP contribution is -2.47. The summed E-state index contributed by atoms with van der Waals surface area (Å²) in [5.74, 6) is 0.871. The summed E-state index contributed by atoms with van der Waals surface area (Å²) >= 11 is 0. The third-order valence-electron chi connectivity index (χ3n) is 3.91. The van der Waals surface area contributed by atoms with Crippen molar-refractivity contribution in [2.45, 2.75) is 31.8 Å². The highest BCUT2D eigenvalue weighted by atomic mass is 16.5. The van der Waals surface area contributed by atoms with Gasteiger partial charge in [-0.05, 0) is 37.5 Å². The van der Waals surface area contributed by atoms with Crippen molar-refractivity contribution in [3.05, 3.63) is 29.8 Å². The minimum absolute atomic E-state index is 0.283. The maximum atomic E-state index is 11.1. The summed E-state index contributed by atoms with van der Waals surface area (Å²) in [6, 6.07) is 8.51. The topological polar surface area (TPSA) is 67.6 Å². The van der Waals surface area contributed by atoms with Crippen molar-refractivity contribution in [1.29, 1.82) is 0 Å². The standard InChI is InChI=1S/C15H23N3O2/c1-11(12-3-5-14(20-2)6-4-12)17-13-7-9-18(10-8-13)15(16)19/h3-6,11,13,17H,7-10H2,1-2H3,(H2,16,19)/t11-/m0/s1. The normalized spacial score (nSPS) is 17.8. The summed E-state index contributed by atoms with van der Waals surface area (Å²) in [4.78, 5) is 12.8. The van der Waals surface area contributed by atoms with Crippen LogP contribution in [0.2, 0.25) is 0 Å². The average molecular weight is 277 g/mol. The first-order chi connectivity index (χ1) is 9.60. The molecule has 1 saturated heterocycles. The summed E-state index contributed by atoms with van der Waals surface area (Å²) in [6.07, 6.45) is 1.90. The fourth-order valence-corrected chi connectivity index (χ4v) is 2.61. The predicted molar refractivity (Wildman–Crippen MR) is 78.7 cm³/mol. The number of methoxy groups -OCH3 is 1. The van der Waals surface area contributed by atoms with Crippen molar-refractivity contribution < 1.29 is 9.53 Å². The number of carbonyl (C=O) groups is 1. The molecular formula is C15H23N3O2. The summed E-state index contributed by atoms with van der Waals surface area (Å²) in [5, 5.41) is 3.61. The molecule has 0 unspecified atom stereocenters. The molecular weight excluding hydrogens is 254 g/mol. The zero-order valence-corrected chi connectivity index (χ0v) is 12.1. The van der Waals surface area contributed by atoms with E-state index in [2.05, 4.69) is 24.4 Å². The van der Waals surface area contributed by atoms with Crippen LogP contribution in [-0.4, -0.2) is 37.2 Å². The highest BCUT2D eigenvalue weighted by Gasteiger charge is 2.22. The molecule has 5 nitrogen and oxygen atoms in total. The number of likely N-dealkylation sites (tertiary alicyclic amines) is 1. The number of nitrogens with zero attached hydrogens (tertiary/aromatic N) is 1. The Morgan fingerprint density at radius 3 is 2.45 bits per heavy atom. The summed E-state index contributed by atoms with van der Waals surface area (Å²) < 4.78 is 5.16. The Hall–Kier alpha value is -1.75. The van der Waals surface area contributed by atoms with Crippen molar-refractivity contribution >= 4 is 6.03 Å². The Morgan fingerprint density at radius 2 is 1.95 bits per heavy atom. The number of piperidine rings is 1. The Kier molecular flexibility index (Phi) is 4.84. The van der Waals surface area contributed by atoms with Crippen LogP contribution in [0.15, 0.2) is 24.3 Å². The van der Waals surface area contributed by atoms with Crippen LogP contribution < -0.4 is 15.8 Å². The van der Waals surface area contributed by atoms with E-state index in [1.165, 1.54) is 5.56 Å². The third kappa shape index (κ3) is 3.63. The number of carbonyl (C=O) groups excluding carboxylic acids is 1. The van der Waals surface area contributed by atoms with Gasteiger partial charge in [0, 0.05) is 25.2 Å². The Labute approximate surface area is 120 Å². The molecule has 0 spiro atoms. The summed E-state index contributed by atoms with van der Waals surface area (Å²) in [7, 11) is 1.67. The largest absolute Gasteiger partial charge is 0.497 e. The molecule has 1 aromatic carbocycles. The van der Waals surface area contributed by atoms with Crippen molar-refractivity contribution in [3.8, 4) is 5.75 Å². The number of amides is 2. The first-order valence-corrected chi connectivity index (χ1v) is 7.04. The van der Waals surface area contributed by atoms with E-state index in [1.54, 1.807) is 12.0 Å². The van der Waals surface area contributed by atoms with Gasteiger partial charge in [0.05, 0.1) is 7.11 Å². The zero-order valence-electron chi connectivity index (χ0n) is 12.1. The van der Waals surface area contributed by atoms with E-state index in [-0.39, 0.29) is 12.1 Å². The first kappa shape index (κ1) is 14.7. The molecule has 1 heterocycles. The molecule has 1 fully saturated rings. The molecule has 1 aliphatic heterocycles. The molecule has 0 radical (unpaired) electrons. The monoisotopic (exact) mass is 277 g/mol. The predicted octanol–water partition coefficient (Wildman–Crippen LogP) is 1.89. The molecule has 0 aromatic heterocycles. The maximum absolute atomic E-state index is 11.1. The van der Waals surface area contributed by atoms with E-state index in [1.807, 2.05) is 12.1 Å². The number of primary amides is 1. The smallest absolute Gasteiger partial charge is 0.314 e. The van der Waals surface area contributed by atoms with Gasteiger partial charge in [0.1, 0.15) is 5.75 Å². The van der Waals surface area contributed by atoms with Gasteiger partial charge in [-0.15, -0.1) is 0 Å². The number of nitrogens with two attached hydrogens (primary N) is 1. The number of rotatable bonds is 4. The van der Waals surface area contributed by atoms with Crippen LogP contribution in [0, 0.1) is 0 Å². The third-order valence-corrected chi connectivity index (χ3v) is 3.91. The number of hydrogen-bond donors (Lipinski definition) is 2. The van der Waals surface area contributed by atoms with E-state index < -0.39 is 0 Å². The van der Waals surface area contributed by atoms with Gasteiger partial charge in [-0.1, -0.05) is 12.1 Å². The molecule has 5 heteroatoms. The molecule has 1 atom stereocenters. The van der Waals surface area contributed by atoms with Crippen LogP contribution in [0.25, 0.3) is 0 Å². The second kappa shape index (κ2) is 6.61. The number of benzene rings is 1. The van der Waals surface area contributed by atoms with Crippen LogP contribution in [0.5, 0.6) is 5.75 Å². The molecule has 0 aliphatic carbocycles. The Balaban J connectivity index is 1.85. The van der Waals surface area contributed by atoms with Gasteiger partial charge in [0.25, 0.3) is 0 Å². The number of hydrogen-bond acceptors (Lipinski definition) is 3. The Morgan fingerprint density at radius 1 is 1.35 bits per heavy atom. The lowest BCUT2D eigenvalue weighted by Gasteiger charge is -2.33. The lowest BCUT2D eigenvalue weighted by atomic mass is 10.0. The second-order valence-electron chi connectivity index (χ2n) is 5.26. The second-order valence-corrected chi connectivity index (χ2v) is 5.26. The molecule has 2 amide bonds. The molecule has 20 heavy (non-hydrogen) atoms. The van der Waals surface area contributed by atoms with Crippen molar-refractivity contribution in [2.24, 2.45) is 5.73 Å². The summed E-state index contributed by atoms with van der Waals surface area (Å²) in [6.45, 7) is 3.63. The molecule has 3 N–H and O–H groups in total. The SMILES string of the molecule is COc1ccc([C@H](C)NC2CCN(C(N)=O)CC2)cc1. The molecule has 1 aliphatic rings. The number of nitrogens with one attached hydrogen (secondary N) is 1. The average Bonchev–Trinajstić information content (AvgIpc) is 2.48. The molecule has 0 saturated carbocycles. The van der Waals surface area contributed by atoms with Crippen molar-refractivity contribution in [3.63, 3.8) is 0 Å². The molecule has 1 aromatic rings. The highest BCUT2D eigenvalue weighted by molar-refractivity contribution is 5.72. The minimum atomic E-state index is -0.313. The van der Waals surface area contributed by atoms with Crippen LogP contribution in [0.3, 0.4) is 0 Å². The molecule has 0 bridgehead atoms. The van der Waals surface area contributed by atoms with Crippen LogP contribution in [0.1, 0.15) is 31.4 Å².